The molecule has 3 aromatic rings. The van der Waals surface area contributed by atoms with Gasteiger partial charge in [-0.3, -0.25) is 0 Å². The molecule has 0 aliphatic heterocycles. The summed E-state index contributed by atoms with van der Waals surface area (Å²) in [7, 11) is 0. The molecule has 1 fully saturated rings. The number of aromatic nitrogens is 6. The lowest BCUT2D eigenvalue weighted by Gasteiger charge is -2.21. The van der Waals surface area contributed by atoms with Crippen molar-refractivity contribution < 1.29 is 0 Å². The van der Waals surface area contributed by atoms with E-state index < -0.39 is 0 Å². The molecule has 0 amide bonds. The number of thioether (sulfide) groups is 1. The second-order valence-corrected chi connectivity index (χ2v) is 7.05. The average Bonchev–Trinajstić information content (AvgIpc) is 3.33. The number of nitrogens with zero attached hydrogens (tertiary/aromatic N) is 6. The zero-order chi connectivity index (χ0) is 16.2. The van der Waals surface area contributed by atoms with Crippen molar-refractivity contribution in [3.8, 4) is 5.69 Å². The maximum absolute atomic E-state index is 4.29. The predicted molar refractivity (Wildman–Crippen MR) is 93.1 cm³/mol. The SMILES string of the molecule is c1cc(CSc2nnnn2C2CCCCC2)cc(-n2cccn2)c1. The molecule has 24 heavy (non-hydrogen) atoms. The fourth-order valence-corrected chi connectivity index (χ4v) is 4.08. The first-order chi connectivity index (χ1) is 11.9. The largest absolute Gasteiger partial charge is 0.241 e. The Morgan fingerprint density at radius 1 is 1.12 bits per heavy atom. The molecule has 0 atom stereocenters. The van der Waals surface area contributed by atoms with Gasteiger partial charge in [-0.05, 0) is 47.0 Å². The molecule has 1 aliphatic rings. The normalized spacial score (nSPS) is 15.7. The highest BCUT2D eigenvalue weighted by atomic mass is 32.2. The summed E-state index contributed by atoms with van der Waals surface area (Å²) in [6, 6.07) is 10.8. The van der Waals surface area contributed by atoms with Gasteiger partial charge in [0.05, 0.1) is 11.7 Å². The van der Waals surface area contributed by atoms with Crippen molar-refractivity contribution in [2.45, 2.75) is 49.1 Å². The molecule has 0 spiro atoms. The summed E-state index contributed by atoms with van der Waals surface area (Å²) in [6.07, 6.45) is 10.0. The Morgan fingerprint density at radius 3 is 2.88 bits per heavy atom. The van der Waals surface area contributed by atoms with Gasteiger partial charge in [-0.25, -0.2) is 9.36 Å². The zero-order valence-electron chi connectivity index (χ0n) is 13.5. The second kappa shape index (κ2) is 7.17. The summed E-state index contributed by atoms with van der Waals surface area (Å²) in [4.78, 5) is 0. The van der Waals surface area contributed by atoms with E-state index in [0.29, 0.717) is 6.04 Å². The lowest BCUT2D eigenvalue weighted by atomic mass is 9.96. The Bertz CT molecular complexity index is 776. The maximum atomic E-state index is 4.29. The fraction of sp³-hybridized carbons (Fsp3) is 0.412. The lowest BCUT2D eigenvalue weighted by Crippen LogP contribution is -2.15. The third-order valence-corrected chi connectivity index (χ3v) is 5.44. The minimum atomic E-state index is 0.464. The van der Waals surface area contributed by atoms with Crippen LogP contribution in [0.1, 0.15) is 43.7 Å². The Kier molecular flexibility index (Phi) is 4.60. The van der Waals surface area contributed by atoms with Crippen LogP contribution in [0.5, 0.6) is 0 Å². The van der Waals surface area contributed by atoms with Crippen molar-refractivity contribution in [3.63, 3.8) is 0 Å². The van der Waals surface area contributed by atoms with Crippen molar-refractivity contribution >= 4 is 11.8 Å². The average molecular weight is 340 g/mol. The summed E-state index contributed by atoms with van der Waals surface area (Å²) < 4.78 is 3.90. The molecule has 7 heteroatoms. The molecular formula is C17H20N6S. The van der Waals surface area contributed by atoms with E-state index >= 15 is 0 Å². The van der Waals surface area contributed by atoms with E-state index in [4.69, 9.17) is 0 Å². The van der Waals surface area contributed by atoms with Gasteiger partial charge in [0.15, 0.2) is 0 Å². The molecule has 2 aromatic heterocycles. The van der Waals surface area contributed by atoms with Gasteiger partial charge in [0.25, 0.3) is 0 Å². The molecule has 0 radical (unpaired) electrons. The van der Waals surface area contributed by atoms with Gasteiger partial charge in [-0.2, -0.15) is 5.10 Å². The molecule has 4 rings (SSSR count). The molecule has 6 nitrogen and oxygen atoms in total. The number of tetrazole rings is 1. The Hall–Kier alpha value is -2.15. The molecule has 0 saturated heterocycles. The molecular weight excluding hydrogens is 320 g/mol. The van der Waals surface area contributed by atoms with Crippen LogP contribution in [0, 0.1) is 0 Å². The number of hydrogen-bond donors (Lipinski definition) is 0. The molecule has 1 saturated carbocycles. The van der Waals surface area contributed by atoms with Gasteiger partial charge in [0, 0.05) is 18.1 Å². The predicted octanol–water partition coefficient (Wildman–Crippen LogP) is 3.66. The van der Waals surface area contributed by atoms with Gasteiger partial charge in [0.2, 0.25) is 5.16 Å². The minimum Gasteiger partial charge on any atom is -0.241 e. The summed E-state index contributed by atoms with van der Waals surface area (Å²) in [5, 5.41) is 17.6. The van der Waals surface area contributed by atoms with Crippen LogP contribution in [0.4, 0.5) is 0 Å². The topological polar surface area (TPSA) is 61.4 Å². The smallest absolute Gasteiger partial charge is 0.209 e. The first kappa shape index (κ1) is 15.4. The van der Waals surface area contributed by atoms with Crippen molar-refractivity contribution in [2.24, 2.45) is 0 Å². The highest BCUT2D eigenvalue weighted by molar-refractivity contribution is 7.98. The molecule has 0 bridgehead atoms. The molecule has 0 N–H and O–H groups in total. The van der Waals surface area contributed by atoms with Crippen LogP contribution in [0.25, 0.3) is 5.69 Å². The van der Waals surface area contributed by atoms with Crippen LogP contribution < -0.4 is 0 Å². The summed E-state index contributed by atoms with van der Waals surface area (Å²) in [6.45, 7) is 0. The highest BCUT2D eigenvalue weighted by Crippen LogP contribution is 2.31. The molecule has 0 unspecified atom stereocenters. The van der Waals surface area contributed by atoms with Gasteiger partial charge in [-0.15, -0.1) is 5.10 Å². The van der Waals surface area contributed by atoms with E-state index in [9.17, 15) is 0 Å². The van der Waals surface area contributed by atoms with E-state index in [1.54, 1.807) is 18.0 Å². The molecule has 1 aromatic carbocycles. The monoisotopic (exact) mass is 340 g/mol. The first-order valence-electron chi connectivity index (χ1n) is 8.40. The first-order valence-corrected chi connectivity index (χ1v) is 9.38. The summed E-state index contributed by atoms with van der Waals surface area (Å²) in [5.41, 5.74) is 2.32. The Morgan fingerprint density at radius 2 is 2.04 bits per heavy atom. The highest BCUT2D eigenvalue weighted by Gasteiger charge is 2.20. The van der Waals surface area contributed by atoms with Crippen molar-refractivity contribution in [1.82, 2.24) is 30.0 Å². The molecule has 1 aliphatic carbocycles. The summed E-state index contributed by atoms with van der Waals surface area (Å²) in [5.74, 6) is 0.849. The van der Waals surface area contributed by atoms with Gasteiger partial charge >= 0.3 is 0 Å². The van der Waals surface area contributed by atoms with Crippen LogP contribution >= 0.6 is 11.8 Å². The van der Waals surface area contributed by atoms with Crippen LogP contribution in [-0.2, 0) is 5.75 Å². The Balaban J connectivity index is 1.46. The standard InChI is InChI=1S/C17H20N6S/c1-2-7-15(8-3-1)23-17(19-20-21-23)24-13-14-6-4-9-16(12-14)22-11-5-10-18-22/h4-6,9-12,15H,1-3,7-8,13H2. The van der Waals surface area contributed by atoms with Crippen molar-refractivity contribution in [1.29, 1.82) is 0 Å². The van der Waals surface area contributed by atoms with Gasteiger partial charge in [-0.1, -0.05) is 43.2 Å². The lowest BCUT2D eigenvalue weighted by molar-refractivity contribution is 0.307. The molecule has 2 heterocycles. The third kappa shape index (κ3) is 3.36. The second-order valence-electron chi connectivity index (χ2n) is 6.11. The minimum absolute atomic E-state index is 0.464. The van der Waals surface area contributed by atoms with Crippen LogP contribution in [0.3, 0.4) is 0 Å². The van der Waals surface area contributed by atoms with E-state index in [0.717, 1.165) is 16.6 Å². The third-order valence-electron chi connectivity index (χ3n) is 4.43. The fourth-order valence-electron chi connectivity index (χ4n) is 3.19. The van der Waals surface area contributed by atoms with Crippen LogP contribution in [-0.4, -0.2) is 30.0 Å². The Labute approximate surface area is 145 Å². The van der Waals surface area contributed by atoms with Crippen LogP contribution in [0.15, 0.2) is 47.9 Å². The quantitative estimate of drug-likeness (QED) is 0.663. The van der Waals surface area contributed by atoms with Crippen molar-refractivity contribution in [3.05, 3.63) is 48.3 Å². The summed E-state index contributed by atoms with van der Waals surface area (Å²) >= 11 is 1.70. The van der Waals surface area contributed by atoms with E-state index in [-0.39, 0.29) is 0 Å². The van der Waals surface area contributed by atoms with Crippen molar-refractivity contribution in [2.75, 3.05) is 0 Å². The zero-order valence-corrected chi connectivity index (χ0v) is 14.3. The van der Waals surface area contributed by atoms with E-state index in [1.165, 1.54) is 37.7 Å². The molecule has 124 valence electrons. The van der Waals surface area contributed by atoms with Gasteiger partial charge in [0.1, 0.15) is 0 Å². The van der Waals surface area contributed by atoms with E-state index in [1.807, 2.05) is 21.6 Å². The van der Waals surface area contributed by atoms with Crippen LogP contribution in [0.2, 0.25) is 0 Å². The van der Waals surface area contributed by atoms with Gasteiger partial charge < -0.3 is 0 Å². The number of benzene rings is 1. The number of hydrogen-bond acceptors (Lipinski definition) is 5. The number of rotatable bonds is 5. The van der Waals surface area contributed by atoms with E-state index in [2.05, 4.69) is 44.9 Å². The maximum Gasteiger partial charge on any atom is 0.209 e.